The van der Waals surface area contributed by atoms with Crippen LogP contribution in [0.4, 0.5) is 0 Å². The van der Waals surface area contributed by atoms with Crippen molar-refractivity contribution >= 4 is 11.4 Å². The van der Waals surface area contributed by atoms with Crippen molar-refractivity contribution in [3.05, 3.63) is 46.5 Å². The number of hydrogen-bond acceptors (Lipinski definition) is 10. The molecule has 2 aromatic carbocycles. The van der Waals surface area contributed by atoms with Crippen LogP contribution >= 0.6 is 0 Å². The summed E-state index contributed by atoms with van der Waals surface area (Å²) >= 11 is 0. The second-order valence-electron chi connectivity index (χ2n) is 14.8. The number of phenolic OH excluding ortho intramolecular Hbond substituents is 2. The van der Waals surface area contributed by atoms with Crippen LogP contribution in [0.25, 0.3) is 0 Å². The maximum Gasteiger partial charge on any atom is 0.166 e. The largest absolute Gasteiger partial charge is 0.504 e. The van der Waals surface area contributed by atoms with Crippen molar-refractivity contribution in [2.45, 2.75) is 97.7 Å². The maximum absolute atomic E-state index is 12.5. The van der Waals surface area contributed by atoms with Gasteiger partial charge in [-0.05, 0) is 102 Å². The first-order valence-electron chi connectivity index (χ1n) is 16.2. The molecule has 10 heteroatoms. The molecule has 10 rings (SSSR count). The van der Waals surface area contributed by atoms with E-state index in [2.05, 4.69) is 23.9 Å². The first kappa shape index (κ1) is 26.1. The Morgan fingerprint density at radius 3 is 1.55 bits per heavy atom. The predicted octanol–water partition coefficient (Wildman–Crippen LogP) is 2.16. The first-order chi connectivity index (χ1) is 21.1. The Hall–Kier alpha value is -3.18. The summed E-state index contributed by atoms with van der Waals surface area (Å²) < 4.78 is 13.2. The Kier molecular flexibility index (Phi) is 4.72. The molecule has 2 spiro atoms. The third kappa shape index (κ3) is 2.61. The molecule has 4 fully saturated rings. The van der Waals surface area contributed by atoms with Crippen LogP contribution in [0.1, 0.15) is 60.8 Å². The lowest BCUT2D eigenvalue weighted by Crippen LogP contribution is -2.76. The molecule has 2 saturated heterocycles. The zero-order valence-electron chi connectivity index (χ0n) is 25.1. The van der Waals surface area contributed by atoms with E-state index in [-0.39, 0.29) is 23.6 Å². The van der Waals surface area contributed by atoms with E-state index in [1.54, 1.807) is 12.1 Å². The highest BCUT2D eigenvalue weighted by Crippen LogP contribution is 2.66. The quantitative estimate of drug-likeness (QED) is 0.368. The highest BCUT2D eigenvalue weighted by Gasteiger charge is 2.74. The molecule has 2 saturated carbocycles. The third-order valence-corrected chi connectivity index (χ3v) is 13.4. The van der Waals surface area contributed by atoms with E-state index >= 15 is 0 Å². The molecular formula is C34H38N4O6. The van der Waals surface area contributed by atoms with Gasteiger partial charge in [-0.15, -0.1) is 0 Å². The molecule has 0 amide bonds. The summed E-state index contributed by atoms with van der Waals surface area (Å²) in [5, 5.41) is 56.7. The molecule has 0 radical (unpaired) electrons. The van der Waals surface area contributed by atoms with E-state index in [0.717, 1.165) is 59.6 Å². The highest BCUT2D eigenvalue weighted by molar-refractivity contribution is 5.97. The molecule has 230 valence electrons. The molecule has 4 heterocycles. The van der Waals surface area contributed by atoms with Crippen LogP contribution < -0.4 is 9.47 Å². The topological polar surface area (TPSA) is 131 Å². The molecule has 4 aliphatic heterocycles. The van der Waals surface area contributed by atoms with Crippen molar-refractivity contribution in [1.82, 2.24) is 9.80 Å². The lowest BCUT2D eigenvalue weighted by atomic mass is 9.49. The van der Waals surface area contributed by atoms with Crippen LogP contribution in [0.5, 0.6) is 23.0 Å². The van der Waals surface area contributed by atoms with Crippen molar-refractivity contribution in [3.63, 3.8) is 0 Å². The minimum absolute atomic E-state index is 0.0377. The van der Waals surface area contributed by atoms with Crippen molar-refractivity contribution < 1.29 is 29.9 Å². The van der Waals surface area contributed by atoms with E-state index in [4.69, 9.17) is 19.7 Å². The minimum Gasteiger partial charge on any atom is -0.504 e. The summed E-state index contributed by atoms with van der Waals surface area (Å²) in [5.41, 5.74) is 2.31. The maximum atomic E-state index is 12.5. The zero-order valence-corrected chi connectivity index (χ0v) is 25.1. The molecule has 4 aliphatic carbocycles. The lowest BCUT2D eigenvalue weighted by molar-refractivity contribution is -0.161. The van der Waals surface area contributed by atoms with Crippen molar-refractivity contribution in [1.29, 1.82) is 0 Å². The van der Waals surface area contributed by atoms with Crippen LogP contribution in [0.15, 0.2) is 34.5 Å². The minimum atomic E-state index is -1.00. The van der Waals surface area contributed by atoms with E-state index in [0.29, 0.717) is 50.0 Å². The molecule has 8 aliphatic rings. The summed E-state index contributed by atoms with van der Waals surface area (Å²) in [7, 11) is 4.18. The summed E-state index contributed by atoms with van der Waals surface area (Å²) in [5.74, 6) is 1.17. The number of aromatic hydroxyl groups is 2. The van der Waals surface area contributed by atoms with Gasteiger partial charge >= 0.3 is 0 Å². The average molecular weight is 599 g/mol. The molecule has 4 bridgehead atoms. The van der Waals surface area contributed by atoms with Crippen LogP contribution in [0.2, 0.25) is 0 Å². The molecule has 4 N–H and O–H groups in total. The number of benzene rings is 2. The van der Waals surface area contributed by atoms with Gasteiger partial charge in [0, 0.05) is 23.2 Å². The van der Waals surface area contributed by atoms with Gasteiger partial charge in [0.05, 0.1) is 33.5 Å². The fourth-order valence-electron chi connectivity index (χ4n) is 11.4. The lowest BCUT2D eigenvalue weighted by Gasteiger charge is -2.62. The van der Waals surface area contributed by atoms with Crippen LogP contribution in [-0.4, -0.2) is 104 Å². The molecule has 8 unspecified atom stereocenters. The Morgan fingerprint density at radius 2 is 1.11 bits per heavy atom. The van der Waals surface area contributed by atoms with Crippen molar-refractivity contribution in [3.8, 4) is 23.0 Å². The zero-order chi connectivity index (χ0) is 30.0. The standard InChI is InChI=1S/C34H38N4O6/c1-37-13-11-31-25-17-3-5-21(39)27(25)43-29(31)19(7-9-33(31,41)23(37)15-17)35-36-20-8-10-34(42)24-16-18-4-6-22(40)28-26(18)32(34,30(20)44-28)12-14-38(24)2/h3-6,23-24,29-30,39-42H,7-16H2,1-2H3/b35-19+,36-20+. The summed E-state index contributed by atoms with van der Waals surface area (Å²) in [6, 6.07) is 7.31. The second-order valence-corrected chi connectivity index (χ2v) is 14.8. The van der Waals surface area contributed by atoms with E-state index < -0.39 is 34.2 Å². The second kappa shape index (κ2) is 7.96. The fraction of sp³-hybridized carbons (Fsp3) is 0.588. The third-order valence-electron chi connectivity index (χ3n) is 13.4. The van der Waals surface area contributed by atoms with Crippen LogP contribution in [0.3, 0.4) is 0 Å². The number of likely N-dealkylation sites (N-methyl/N-ethyl adjacent to an activating group) is 2. The molecule has 8 atom stereocenters. The monoisotopic (exact) mass is 598 g/mol. The average Bonchev–Trinajstić information content (AvgIpc) is 3.54. The molecule has 10 nitrogen and oxygen atoms in total. The van der Waals surface area contributed by atoms with Gasteiger partial charge < -0.3 is 39.7 Å². The molecule has 2 aromatic rings. The van der Waals surface area contributed by atoms with E-state index in [9.17, 15) is 20.4 Å². The van der Waals surface area contributed by atoms with Crippen LogP contribution in [0, 0.1) is 0 Å². The number of nitrogens with zero attached hydrogens (tertiary/aromatic N) is 4. The number of ether oxygens (including phenoxy) is 2. The summed E-state index contributed by atoms with van der Waals surface area (Å²) in [6.45, 7) is 1.64. The van der Waals surface area contributed by atoms with Gasteiger partial charge in [0.15, 0.2) is 35.2 Å². The number of rotatable bonds is 1. The van der Waals surface area contributed by atoms with Crippen molar-refractivity contribution in [2.24, 2.45) is 10.2 Å². The van der Waals surface area contributed by atoms with Crippen LogP contribution in [-0.2, 0) is 23.7 Å². The van der Waals surface area contributed by atoms with Gasteiger partial charge in [-0.2, -0.15) is 10.2 Å². The summed E-state index contributed by atoms with van der Waals surface area (Å²) in [6.07, 6.45) is 3.95. The van der Waals surface area contributed by atoms with E-state index in [1.165, 1.54) is 0 Å². The number of aliphatic hydroxyl groups is 2. The van der Waals surface area contributed by atoms with E-state index in [1.807, 2.05) is 12.1 Å². The van der Waals surface area contributed by atoms with Gasteiger partial charge in [0.2, 0.25) is 0 Å². The van der Waals surface area contributed by atoms with Gasteiger partial charge in [-0.1, -0.05) is 12.1 Å². The molecular weight excluding hydrogens is 560 g/mol. The first-order valence-corrected chi connectivity index (χ1v) is 16.2. The number of likely N-dealkylation sites (tertiary alicyclic amines) is 2. The number of hydrogen-bond donors (Lipinski definition) is 4. The Bertz CT molecular complexity index is 1620. The Balaban J connectivity index is 1.10. The Morgan fingerprint density at radius 1 is 0.682 bits per heavy atom. The summed E-state index contributed by atoms with van der Waals surface area (Å²) in [4.78, 5) is 4.55. The number of piperidine rings is 2. The van der Waals surface area contributed by atoms with Gasteiger partial charge in [0.25, 0.3) is 0 Å². The fourth-order valence-corrected chi connectivity index (χ4v) is 11.4. The van der Waals surface area contributed by atoms with Gasteiger partial charge in [-0.25, -0.2) is 0 Å². The van der Waals surface area contributed by atoms with Gasteiger partial charge in [0.1, 0.15) is 0 Å². The van der Waals surface area contributed by atoms with Crippen molar-refractivity contribution in [2.75, 3.05) is 27.2 Å². The smallest absolute Gasteiger partial charge is 0.166 e. The Labute approximate surface area is 255 Å². The molecule has 0 aromatic heterocycles. The number of phenols is 2. The normalized spacial score (nSPS) is 44.3. The highest BCUT2D eigenvalue weighted by atomic mass is 16.5. The predicted molar refractivity (Wildman–Crippen MR) is 161 cm³/mol. The SMILES string of the molecule is CN1CCC23c4c5ccc(O)c4OC2/C(=N/N=C2\CCC4(O)C6Cc7ccc(O)c8c7C4(CCN6C)C2O8)CCC3(O)C1C5. The van der Waals surface area contributed by atoms with Gasteiger partial charge in [-0.3, -0.25) is 0 Å². The molecule has 44 heavy (non-hydrogen) atoms.